The monoisotopic (exact) mass is 423 g/mol. The van der Waals surface area contributed by atoms with Gasteiger partial charge in [-0.15, -0.1) is 12.4 Å². The number of carbonyl (C=O) groups excluding carboxylic acids is 1. The molecule has 0 spiro atoms. The number of aryl methyl sites for hydroxylation is 1. The molecule has 0 aliphatic carbocycles. The third-order valence-corrected chi connectivity index (χ3v) is 6.22. The van der Waals surface area contributed by atoms with Crippen LogP contribution in [0.5, 0.6) is 0 Å². The molecular weight excluding hydrogens is 398 g/mol. The van der Waals surface area contributed by atoms with E-state index in [1.54, 1.807) is 17.0 Å². The Morgan fingerprint density at radius 2 is 1.93 bits per heavy atom. The van der Waals surface area contributed by atoms with Gasteiger partial charge in [0.15, 0.2) is 0 Å². The highest BCUT2D eigenvalue weighted by atomic mass is 35.5. The smallest absolute Gasteiger partial charge is 0.254 e. The Hall–Kier alpha value is -1.93. The van der Waals surface area contributed by atoms with Crippen LogP contribution < -0.4 is 10.0 Å². The van der Waals surface area contributed by atoms with Gasteiger partial charge in [-0.2, -0.15) is 0 Å². The van der Waals surface area contributed by atoms with E-state index in [2.05, 4.69) is 10.0 Å². The van der Waals surface area contributed by atoms with Gasteiger partial charge in [0.2, 0.25) is 10.0 Å². The number of hydrogen-bond donors (Lipinski definition) is 2. The molecule has 6 nitrogen and oxygen atoms in total. The number of sulfonamides is 1. The van der Waals surface area contributed by atoms with E-state index >= 15 is 0 Å². The van der Waals surface area contributed by atoms with Crippen LogP contribution in [0.2, 0.25) is 0 Å². The van der Waals surface area contributed by atoms with Crippen LogP contribution in [0.4, 0.5) is 0 Å². The summed E-state index contributed by atoms with van der Waals surface area (Å²) in [5, 5.41) is 3.25. The van der Waals surface area contributed by atoms with Crippen molar-refractivity contribution in [1.29, 1.82) is 0 Å². The predicted octanol–water partition coefficient (Wildman–Crippen LogP) is 2.33. The van der Waals surface area contributed by atoms with Crippen LogP contribution in [-0.2, 0) is 16.6 Å². The second-order valence-electron chi connectivity index (χ2n) is 6.84. The first-order chi connectivity index (χ1) is 12.9. The minimum absolute atomic E-state index is 0. The quantitative estimate of drug-likeness (QED) is 0.773. The average Bonchev–Trinajstić information content (AvgIpc) is 2.67. The molecule has 0 radical (unpaired) electrons. The molecule has 2 aromatic rings. The number of halogens is 1. The van der Waals surface area contributed by atoms with Crippen LogP contribution in [0, 0.1) is 6.92 Å². The van der Waals surface area contributed by atoms with Gasteiger partial charge < -0.3 is 10.2 Å². The zero-order valence-corrected chi connectivity index (χ0v) is 17.6. The number of amides is 1. The Labute approximate surface area is 172 Å². The van der Waals surface area contributed by atoms with E-state index in [1.165, 1.54) is 6.07 Å². The van der Waals surface area contributed by atoms with Crippen LogP contribution in [0.3, 0.4) is 0 Å². The Morgan fingerprint density at radius 1 is 1.21 bits per heavy atom. The largest absolute Gasteiger partial charge is 0.333 e. The maximum absolute atomic E-state index is 13.0. The molecule has 1 saturated heterocycles. The molecule has 1 amide bonds. The predicted molar refractivity (Wildman–Crippen MR) is 112 cm³/mol. The lowest BCUT2D eigenvalue weighted by molar-refractivity contribution is 0.0654. The van der Waals surface area contributed by atoms with Crippen molar-refractivity contribution in [2.45, 2.75) is 31.3 Å². The summed E-state index contributed by atoms with van der Waals surface area (Å²) >= 11 is 0. The summed E-state index contributed by atoms with van der Waals surface area (Å²) in [7, 11) is -3.71. The van der Waals surface area contributed by atoms with Gasteiger partial charge in [0, 0.05) is 37.8 Å². The van der Waals surface area contributed by atoms with Crippen molar-refractivity contribution in [2.24, 2.45) is 0 Å². The van der Waals surface area contributed by atoms with Crippen LogP contribution in [0.1, 0.15) is 28.4 Å². The third-order valence-electron chi connectivity index (χ3n) is 4.82. The minimum Gasteiger partial charge on any atom is -0.333 e. The number of nitrogens with zero attached hydrogens (tertiary/aromatic N) is 1. The molecule has 8 heteroatoms. The van der Waals surface area contributed by atoms with E-state index in [-0.39, 0.29) is 35.8 Å². The SMILES string of the molecule is Cc1ccc(S(=O)(=O)NCc2ccccc2)cc1C(=O)N1CCNC[C@H]1C.Cl. The van der Waals surface area contributed by atoms with E-state index in [4.69, 9.17) is 0 Å². The molecule has 1 aliphatic heterocycles. The van der Waals surface area contributed by atoms with Gasteiger partial charge in [-0.25, -0.2) is 13.1 Å². The van der Waals surface area contributed by atoms with Crippen molar-refractivity contribution in [3.63, 3.8) is 0 Å². The van der Waals surface area contributed by atoms with E-state index < -0.39 is 10.0 Å². The standard InChI is InChI=1S/C20H25N3O3S.ClH/c1-15-8-9-18(27(25,26)22-14-17-6-4-3-5-7-17)12-19(15)20(24)23-11-10-21-13-16(23)2;/h3-9,12,16,21-22H,10-11,13-14H2,1-2H3;1H/t16-;/m1./s1. The lowest BCUT2D eigenvalue weighted by Crippen LogP contribution is -2.52. The molecule has 1 heterocycles. The molecule has 0 unspecified atom stereocenters. The summed E-state index contributed by atoms with van der Waals surface area (Å²) in [6, 6.07) is 14.1. The number of nitrogens with one attached hydrogen (secondary N) is 2. The van der Waals surface area contributed by atoms with Gasteiger partial charge in [-0.05, 0) is 37.1 Å². The first kappa shape index (κ1) is 22.4. The topological polar surface area (TPSA) is 78.5 Å². The number of piperazine rings is 1. The van der Waals surface area contributed by atoms with Gasteiger partial charge in [0.1, 0.15) is 0 Å². The Kier molecular flexibility index (Phi) is 7.60. The molecule has 3 rings (SSSR count). The van der Waals surface area contributed by atoms with Crippen molar-refractivity contribution in [3.05, 3.63) is 65.2 Å². The normalized spacial score (nSPS) is 17.1. The van der Waals surface area contributed by atoms with Crippen LogP contribution in [0.25, 0.3) is 0 Å². The van der Waals surface area contributed by atoms with Crippen molar-refractivity contribution in [3.8, 4) is 0 Å². The summed E-state index contributed by atoms with van der Waals surface area (Å²) in [6.45, 7) is 6.11. The van der Waals surface area contributed by atoms with E-state index in [9.17, 15) is 13.2 Å². The summed E-state index contributed by atoms with van der Waals surface area (Å²) in [5.74, 6) is -0.124. The highest BCUT2D eigenvalue weighted by Gasteiger charge is 2.26. The van der Waals surface area contributed by atoms with Gasteiger partial charge in [0.25, 0.3) is 5.91 Å². The first-order valence-corrected chi connectivity index (χ1v) is 10.5. The van der Waals surface area contributed by atoms with Gasteiger partial charge >= 0.3 is 0 Å². The van der Waals surface area contributed by atoms with Gasteiger partial charge in [0.05, 0.1) is 4.90 Å². The zero-order valence-electron chi connectivity index (χ0n) is 16.0. The van der Waals surface area contributed by atoms with E-state index in [1.807, 2.05) is 44.2 Å². The molecule has 1 fully saturated rings. The third kappa shape index (κ3) is 5.11. The second-order valence-corrected chi connectivity index (χ2v) is 8.61. The summed E-state index contributed by atoms with van der Waals surface area (Å²) in [4.78, 5) is 14.9. The average molecular weight is 424 g/mol. The second kappa shape index (κ2) is 9.52. The Bertz CT molecular complexity index is 920. The molecule has 2 N–H and O–H groups in total. The fraction of sp³-hybridized carbons (Fsp3) is 0.350. The van der Waals surface area contributed by atoms with E-state index in [0.717, 1.165) is 24.2 Å². The highest BCUT2D eigenvalue weighted by molar-refractivity contribution is 7.89. The fourth-order valence-electron chi connectivity index (χ4n) is 3.15. The fourth-order valence-corrected chi connectivity index (χ4v) is 4.20. The van der Waals surface area contributed by atoms with Crippen LogP contribution in [0.15, 0.2) is 53.4 Å². The maximum Gasteiger partial charge on any atom is 0.254 e. The van der Waals surface area contributed by atoms with Gasteiger partial charge in [-0.1, -0.05) is 36.4 Å². The van der Waals surface area contributed by atoms with Gasteiger partial charge in [-0.3, -0.25) is 4.79 Å². The molecule has 0 bridgehead atoms. The molecule has 0 saturated carbocycles. The number of benzene rings is 2. The first-order valence-electron chi connectivity index (χ1n) is 9.04. The Balaban J connectivity index is 0.00000280. The van der Waals surface area contributed by atoms with Crippen molar-refractivity contribution in [2.75, 3.05) is 19.6 Å². The molecule has 28 heavy (non-hydrogen) atoms. The number of carbonyl (C=O) groups is 1. The molecule has 0 aromatic heterocycles. The summed E-state index contributed by atoms with van der Waals surface area (Å²) in [6.07, 6.45) is 0. The highest BCUT2D eigenvalue weighted by Crippen LogP contribution is 2.19. The summed E-state index contributed by atoms with van der Waals surface area (Å²) in [5.41, 5.74) is 2.08. The van der Waals surface area contributed by atoms with E-state index in [0.29, 0.717) is 12.1 Å². The number of rotatable bonds is 5. The van der Waals surface area contributed by atoms with Crippen molar-refractivity contribution in [1.82, 2.24) is 14.9 Å². The zero-order chi connectivity index (χ0) is 19.4. The maximum atomic E-state index is 13.0. The molecule has 1 aliphatic rings. The molecular formula is C20H26ClN3O3S. The van der Waals surface area contributed by atoms with Crippen LogP contribution >= 0.6 is 12.4 Å². The summed E-state index contributed by atoms with van der Waals surface area (Å²) < 4.78 is 28.0. The van der Waals surface area contributed by atoms with Crippen LogP contribution in [-0.4, -0.2) is 44.9 Å². The lowest BCUT2D eigenvalue weighted by Gasteiger charge is -2.34. The number of hydrogen-bond acceptors (Lipinski definition) is 4. The lowest BCUT2D eigenvalue weighted by atomic mass is 10.1. The molecule has 2 aromatic carbocycles. The molecule has 1 atom stereocenters. The molecule has 152 valence electrons. The Morgan fingerprint density at radius 3 is 2.61 bits per heavy atom. The van der Waals surface area contributed by atoms with Crippen molar-refractivity contribution >= 4 is 28.3 Å². The van der Waals surface area contributed by atoms with Crippen molar-refractivity contribution < 1.29 is 13.2 Å². The minimum atomic E-state index is -3.71.